The van der Waals surface area contributed by atoms with E-state index in [2.05, 4.69) is 22.3 Å². The third kappa shape index (κ3) is 4.99. The maximum atomic E-state index is 13.1. The van der Waals surface area contributed by atoms with Crippen LogP contribution < -0.4 is 5.32 Å². The summed E-state index contributed by atoms with van der Waals surface area (Å²) in [6.45, 7) is -1.07. The average molecular weight is 434 g/mol. The number of nitrogens with zero attached hydrogens (tertiary/aromatic N) is 2. The number of hydrogen-bond donors (Lipinski definition) is 2. The zero-order chi connectivity index (χ0) is 21.9. The molecule has 1 heterocycles. The number of fused-ring (bicyclic) bond motifs is 1. The van der Waals surface area contributed by atoms with Crippen molar-refractivity contribution in [1.29, 1.82) is 5.53 Å². The second kappa shape index (κ2) is 8.20. The van der Waals surface area contributed by atoms with Crippen molar-refractivity contribution in [2.75, 3.05) is 18.1 Å². The molecule has 0 unspecified atom stereocenters. The molecule has 156 valence electrons. The van der Waals surface area contributed by atoms with Gasteiger partial charge in [-0.25, -0.2) is 13.9 Å². The number of anilines is 1. The van der Waals surface area contributed by atoms with Gasteiger partial charge in [0.15, 0.2) is 9.84 Å². The fourth-order valence-electron chi connectivity index (χ4n) is 2.92. The van der Waals surface area contributed by atoms with Gasteiger partial charge in [0.1, 0.15) is 6.54 Å². The minimum atomic E-state index is -4.43. The maximum Gasteiger partial charge on any atom is 0.406 e. The molecule has 2 aromatic carbocycles. The second-order valence-corrected chi connectivity index (χ2v) is 8.52. The molecule has 0 saturated heterocycles. The number of aromatic nitrogens is 1. The van der Waals surface area contributed by atoms with Crippen LogP contribution in [0.25, 0.3) is 10.9 Å². The van der Waals surface area contributed by atoms with E-state index in [0.717, 1.165) is 10.8 Å². The van der Waals surface area contributed by atoms with Crippen LogP contribution in [0.3, 0.4) is 0 Å². The van der Waals surface area contributed by atoms with Gasteiger partial charge in [-0.2, -0.15) is 18.3 Å². The van der Waals surface area contributed by atoms with E-state index in [-0.39, 0.29) is 22.8 Å². The Morgan fingerprint density at radius 1 is 1.17 bits per heavy atom. The van der Waals surface area contributed by atoms with E-state index in [1.54, 1.807) is 24.3 Å². The number of benzene rings is 2. The SMILES string of the molecule is CS(=O)(=O)c1ccc(NCC#Cc2cc3c(N=N)cccc3n2CC(F)(F)F)cc1. The molecular formula is C20H17F3N4O2S. The van der Waals surface area contributed by atoms with Gasteiger partial charge in [0.25, 0.3) is 0 Å². The molecule has 0 fully saturated rings. The Morgan fingerprint density at radius 2 is 1.87 bits per heavy atom. The van der Waals surface area contributed by atoms with E-state index in [0.29, 0.717) is 16.6 Å². The Bertz CT molecular complexity index is 1250. The van der Waals surface area contributed by atoms with Crippen LogP contribution in [-0.4, -0.2) is 32.0 Å². The summed E-state index contributed by atoms with van der Waals surface area (Å²) in [6.07, 6.45) is -3.32. The van der Waals surface area contributed by atoms with E-state index in [9.17, 15) is 21.6 Å². The zero-order valence-corrected chi connectivity index (χ0v) is 16.6. The van der Waals surface area contributed by atoms with Crippen LogP contribution in [0, 0.1) is 17.4 Å². The fourth-order valence-corrected chi connectivity index (χ4v) is 3.55. The van der Waals surface area contributed by atoms with Gasteiger partial charge in [-0.15, -0.1) is 0 Å². The van der Waals surface area contributed by atoms with Crippen LogP contribution >= 0.6 is 0 Å². The lowest BCUT2D eigenvalue weighted by Crippen LogP contribution is -2.18. The third-order valence-electron chi connectivity index (χ3n) is 4.26. The summed E-state index contributed by atoms with van der Waals surface area (Å²) >= 11 is 0. The quantitative estimate of drug-likeness (QED) is 0.449. The van der Waals surface area contributed by atoms with Gasteiger partial charge >= 0.3 is 6.18 Å². The highest BCUT2D eigenvalue weighted by atomic mass is 32.2. The lowest BCUT2D eigenvalue weighted by molar-refractivity contribution is -0.140. The predicted molar refractivity (Wildman–Crippen MR) is 108 cm³/mol. The Balaban J connectivity index is 1.84. The Morgan fingerprint density at radius 3 is 2.47 bits per heavy atom. The van der Waals surface area contributed by atoms with Crippen molar-refractivity contribution in [1.82, 2.24) is 4.57 Å². The standard InChI is InChI=1S/C20H17F3N4O2S/c1-30(28,29)16-9-7-14(8-10-16)25-11-3-4-15-12-17-18(26-24)5-2-6-19(17)27(15)13-20(21,22)23/h2,5-10,12,24-25H,11,13H2,1H3. The summed E-state index contributed by atoms with van der Waals surface area (Å²) in [5.74, 6) is 5.51. The van der Waals surface area contributed by atoms with Crippen LogP contribution in [0.1, 0.15) is 5.69 Å². The molecule has 30 heavy (non-hydrogen) atoms. The minimum Gasteiger partial charge on any atom is -0.374 e. The Labute approximate surface area is 171 Å². The summed E-state index contributed by atoms with van der Waals surface area (Å²) in [5, 5.41) is 6.75. The van der Waals surface area contributed by atoms with Crippen molar-refractivity contribution in [2.45, 2.75) is 17.6 Å². The largest absolute Gasteiger partial charge is 0.406 e. The molecule has 3 aromatic rings. The molecular weight excluding hydrogens is 417 g/mol. The lowest BCUT2D eigenvalue weighted by atomic mass is 10.2. The van der Waals surface area contributed by atoms with Gasteiger partial charge in [0, 0.05) is 17.3 Å². The van der Waals surface area contributed by atoms with Gasteiger partial charge in [0.2, 0.25) is 0 Å². The molecule has 0 saturated carbocycles. The van der Waals surface area contributed by atoms with E-state index >= 15 is 0 Å². The molecule has 0 amide bonds. The first-order valence-electron chi connectivity index (χ1n) is 8.68. The summed E-state index contributed by atoms with van der Waals surface area (Å²) in [5.41, 5.74) is 8.56. The van der Waals surface area contributed by atoms with Gasteiger partial charge in [-0.1, -0.05) is 12.0 Å². The number of nitrogens with one attached hydrogen (secondary N) is 2. The third-order valence-corrected chi connectivity index (χ3v) is 5.39. The van der Waals surface area contributed by atoms with Gasteiger partial charge in [0.05, 0.1) is 28.3 Å². The van der Waals surface area contributed by atoms with Crippen molar-refractivity contribution >= 4 is 32.1 Å². The predicted octanol–water partition coefficient (Wildman–Crippen LogP) is 4.73. The number of rotatable bonds is 5. The summed E-state index contributed by atoms with van der Waals surface area (Å²) in [4.78, 5) is 0.186. The highest BCUT2D eigenvalue weighted by Gasteiger charge is 2.29. The molecule has 2 N–H and O–H groups in total. The fraction of sp³-hybridized carbons (Fsp3) is 0.200. The average Bonchev–Trinajstić information content (AvgIpc) is 3.01. The van der Waals surface area contributed by atoms with Gasteiger partial charge < -0.3 is 9.88 Å². The second-order valence-electron chi connectivity index (χ2n) is 6.50. The van der Waals surface area contributed by atoms with Crippen molar-refractivity contribution in [2.24, 2.45) is 5.11 Å². The first kappa shape index (κ1) is 21.4. The monoisotopic (exact) mass is 434 g/mol. The molecule has 0 bridgehead atoms. The van der Waals surface area contributed by atoms with Crippen LogP contribution in [0.15, 0.2) is 58.5 Å². The Kier molecular flexibility index (Phi) is 5.85. The number of alkyl halides is 3. The Hall–Kier alpha value is -3.32. The van der Waals surface area contributed by atoms with E-state index in [1.165, 1.54) is 24.3 Å². The number of halogens is 3. The normalized spacial score (nSPS) is 11.7. The molecule has 10 heteroatoms. The molecule has 0 aliphatic heterocycles. The molecule has 0 radical (unpaired) electrons. The van der Waals surface area contributed by atoms with E-state index in [1.807, 2.05) is 0 Å². The summed E-state index contributed by atoms with van der Waals surface area (Å²) in [7, 11) is -3.29. The summed E-state index contributed by atoms with van der Waals surface area (Å²) in [6, 6.07) is 12.2. The molecule has 6 nitrogen and oxygen atoms in total. The van der Waals surface area contributed by atoms with Crippen LogP contribution in [0.4, 0.5) is 24.5 Å². The molecule has 0 spiro atoms. The lowest BCUT2D eigenvalue weighted by Gasteiger charge is -2.11. The molecule has 3 rings (SSSR count). The number of hydrogen-bond acceptors (Lipinski definition) is 5. The van der Waals surface area contributed by atoms with Crippen LogP contribution in [0.5, 0.6) is 0 Å². The van der Waals surface area contributed by atoms with E-state index in [4.69, 9.17) is 5.53 Å². The molecule has 1 aromatic heterocycles. The van der Waals surface area contributed by atoms with Crippen molar-refractivity contribution < 1.29 is 21.6 Å². The van der Waals surface area contributed by atoms with Gasteiger partial charge in [-0.05, 0) is 48.4 Å². The smallest absolute Gasteiger partial charge is 0.374 e. The highest BCUT2D eigenvalue weighted by Crippen LogP contribution is 2.31. The van der Waals surface area contributed by atoms with Gasteiger partial charge in [-0.3, -0.25) is 0 Å². The van der Waals surface area contributed by atoms with E-state index < -0.39 is 22.6 Å². The van der Waals surface area contributed by atoms with Crippen molar-refractivity contribution in [3.8, 4) is 11.8 Å². The number of sulfone groups is 1. The topological polar surface area (TPSA) is 87.3 Å². The molecule has 0 atom stereocenters. The molecule has 0 aliphatic carbocycles. The zero-order valence-electron chi connectivity index (χ0n) is 15.8. The van der Waals surface area contributed by atoms with Crippen LogP contribution in [0.2, 0.25) is 0 Å². The first-order valence-corrected chi connectivity index (χ1v) is 10.6. The van der Waals surface area contributed by atoms with Crippen molar-refractivity contribution in [3.63, 3.8) is 0 Å². The highest BCUT2D eigenvalue weighted by molar-refractivity contribution is 7.90. The minimum absolute atomic E-state index is 0.140. The summed E-state index contributed by atoms with van der Waals surface area (Å²) < 4.78 is 63.1. The molecule has 0 aliphatic rings. The first-order chi connectivity index (χ1) is 14.1. The van der Waals surface area contributed by atoms with Crippen molar-refractivity contribution in [3.05, 3.63) is 54.2 Å². The maximum absolute atomic E-state index is 13.1. The van der Waals surface area contributed by atoms with Crippen LogP contribution in [-0.2, 0) is 16.4 Å².